The summed E-state index contributed by atoms with van der Waals surface area (Å²) in [5.74, 6) is 1.28. The van der Waals surface area contributed by atoms with Crippen LogP contribution in [0.15, 0.2) is 21.8 Å². The van der Waals surface area contributed by atoms with Crippen molar-refractivity contribution in [3.05, 3.63) is 18.0 Å². The zero-order chi connectivity index (χ0) is 10.5. The summed E-state index contributed by atoms with van der Waals surface area (Å²) in [6, 6.07) is 1.82. The molecule has 0 radical (unpaired) electrons. The minimum Gasteiger partial charge on any atom is -0.387 e. The van der Waals surface area contributed by atoms with Crippen molar-refractivity contribution in [1.29, 1.82) is 0 Å². The van der Waals surface area contributed by atoms with Crippen molar-refractivity contribution in [2.45, 2.75) is 38.6 Å². The van der Waals surface area contributed by atoms with Crippen molar-refractivity contribution < 1.29 is 4.52 Å². The maximum atomic E-state index is 5.96. The molecule has 0 unspecified atom stereocenters. The number of nitrogens with two attached hydrogens (primary N) is 1. The van der Waals surface area contributed by atoms with Crippen LogP contribution in [0.4, 0.5) is 0 Å². The van der Waals surface area contributed by atoms with Gasteiger partial charge in [-0.25, -0.2) is 0 Å². The van der Waals surface area contributed by atoms with Crippen molar-refractivity contribution >= 4 is 5.84 Å². The lowest BCUT2D eigenvalue weighted by Crippen LogP contribution is -2.25. The fourth-order valence-corrected chi connectivity index (χ4v) is 2.02. The highest BCUT2D eigenvalue weighted by atomic mass is 16.5. The van der Waals surface area contributed by atoms with Crippen molar-refractivity contribution in [3.63, 3.8) is 0 Å². The van der Waals surface area contributed by atoms with Gasteiger partial charge in [0.05, 0.1) is 12.4 Å². The van der Waals surface area contributed by atoms with Gasteiger partial charge in [-0.3, -0.25) is 4.99 Å². The van der Waals surface area contributed by atoms with Gasteiger partial charge in [-0.05, 0) is 12.8 Å². The minimum absolute atomic E-state index is 0.491. The predicted molar refractivity (Wildman–Crippen MR) is 58.4 cm³/mol. The van der Waals surface area contributed by atoms with E-state index in [0.29, 0.717) is 12.5 Å². The maximum absolute atomic E-state index is 5.96. The molecule has 1 aliphatic rings. The summed E-state index contributed by atoms with van der Waals surface area (Å²) in [6.45, 7) is 0.541. The molecule has 0 bridgehead atoms. The molecule has 15 heavy (non-hydrogen) atoms. The molecule has 1 saturated carbocycles. The van der Waals surface area contributed by atoms with Crippen LogP contribution in [0, 0.1) is 5.92 Å². The van der Waals surface area contributed by atoms with Crippen molar-refractivity contribution in [3.8, 4) is 0 Å². The molecular formula is C11H17N3O. The Labute approximate surface area is 89.5 Å². The topological polar surface area (TPSA) is 64.4 Å². The third-order valence-corrected chi connectivity index (χ3v) is 2.94. The molecule has 2 rings (SSSR count). The largest absolute Gasteiger partial charge is 0.387 e. The van der Waals surface area contributed by atoms with Crippen LogP contribution in [0.2, 0.25) is 0 Å². The van der Waals surface area contributed by atoms with Crippen LogP contribution in [0.25, 0.3) is 0 Å². The van der Waals surface area contributed by atoms with E-state index < -0.39 is 0 Å². The minimum atomic E-state index is 0.491. The molecule has 0 saturated heterocycles. The van der Waals surface area contributed by atoms with Gasteiger partial charge in [0.15, 0.2) is 0 Å². The van der Waals surface area contributed by atoms with Crippen molar-refractivity contribution in [2.75, 3.05) is 0 Å². The van der Waals surface area contributed by atoms with Crippen LogP contribution >= 0.6 is 0 Å². The highest BCUT2D eigenvalue weighted by Crippen LogP contribution is 2.23. The lowest BCUT2D eigenvalue weighted by atomic mass is 9.88. The zero-order valence-electron chi connectivity index (χ0n) is 8.85. The molecule has 1 aromatic heterocycles. The second-order valence-corrected chi connectivity index (χ2v) is 4.07. The summed E-state index contributed by atoms with van der Waals surface area (Å²) >= 11 is 0. The van der Waals surface area contributed by atoms with Crippen LogP contribution in [0.3, 0.4) is 0 Å². The van der Waals surface area contributed by atoms with Crippen molar-refractivity contribution in [2.24, 2.45) is 16.6 Å². The molecule has 0 spiro atoms. The first kappa shape index (κ1) is 10.2. The second kappa shape index (κ2) is 4.96. The normalized spacial score (nSPS) is 19.3. The molecule has 82 valence electrons. The lowest BCUT2D eigenvalue weighted by Gasteiger charge is -2.20. The number of aromatic nitrogens is 1. The number of nitrogens with zero attached hydrogens (tertiary/aromatic N) is 2. The number of rotatable bonds is 3. The summed E-state index contributed by atoms with van der Waals surface area (Å²) in [4.78, 5) is 4.36. The molecule has 1 heterocycles. The molecule has 0 aliphatic heterocycles. The smallest absolute Gasteiger partial charge is 0.124 e. The molecule has 4 heteroatoms. The molecule has 0 amide bonds. The summed E-state index contributed by atoms with van der Waals surface area (Å²) < 4.78 is 4.73. The van der Waals surface area contributed by atoms with Gasteiger partial charge in [-0.1, -0.05) is 24.4 Å². The van der Waals surface area contributed by atoms with Crippen LogP contribution < -0.4 is 5.73 Å². The Hall–Kier alpha value is -1.32. The van der Waals surface area contributed by atoms with Gasteiger partial charge < -0.3 is 10.3 Å². The Morgan fingerprint density at radius 2 is 2.27 bits per heavy atom. The van der Waals surface area contributed by atoms with E-state index in [1.807, 2.05) is 6.07 Å². The predicted octanol–water partition coefficient (Wildman–Crippen LogP) is 2.11. The van der Waals surface area contributed by atoms with E-state index in [4.69, 9.17) is 10.3 Å². The quantitative estimate of drug-likeness (QED) is 0.610. The fraction of sp³-hybridized carbons (Fsp3) is 0.636. The highest BCUT2D eigenvalue weighted by Gasteiger charge is 2.16. The Bertz CT molecular complexity index is 313. The van der Waals surface area contributed by atoms with Crippen LogP contribution in [-0.2, 0) is 6.54 Å². The van der Waals surface area contributed by atoms with E-state index in [1.165, 1.54) is 32.1 Å². The zero-order valence-corrected chi connectivity index (χ0v) is 8.85. The average molecular weight is 207 g/mol. The van der Waals surface area contributed by atoms with Crippen LogP contribution in [-0.4, -0.2) is 11.0 Å². The van der Waals surface area contributed by atoms with Crippen LogP contribution in [0.1, 0.15) is 37.8 Å². The average Bonchev–Trinajstić information content (AvgIpc) is 2.80. The van der Waals surface area contributed by atoms with Crippen LogP contribution in [0.5, 0.6) is 0 Å². The third kappa shape index (κ3) is 2.81. The second-order valence-electron chi connectivity index (χ2n) is 4.07. The Morgan fingerprint density at radius 1 is 1.47 bits per heavy atom. The molecule has 0 atom stereocenters. The van der Waals surface area contributed by atoms with Gasteiger partial charge in [0.25, 0.3) is 0 Å². The van der Waals surface area contributed by atoms with E-state index in [-0.39, 0.29) is 0 Å². The number of hydrogen-bond donors (Lipinski definition) is 1. The standard InChI is InChI=1S/C11H17N3O/c12-11(9-4-2-1-3-5-9)13-8-10-6-7-15-14-10/h6-7,9H,1-5,8H2,(H2,12,13). The summed E-state index contributed by atoms with van der Waals surface area (Å²) in [7, 11) is 0. The molecule has 1 aromatic rings. The molecule has 1 fully saturated rings. The Morgan fingerprint density at radius 3 is 2.93 bits per heavy atom. The van der Waals surface area contributed by atoms with Gasteiger partial charge in [0.2, 0.25) is 0 Å². The summed E-state index contributed by atoms with van der Waals surface area (Å²) in [6.07, 6.45) is 7.84. The number of aliphatic imine (C=N–C) groups is 1. The van der Waals surface area contributed by atoms with E-state index in [1.54, 1.807) is 6.26 Å². The van der Waals surface area contributed by atoms with Gasteiger partial charge in [0, 0.05) is 12.0 Å². The van der Waals surface area contributed by atoms with E-state index >= 15 is 0 Å². The fourth-order valence-electron chi connectivity index (χ4n) is 2.02. The molecule has 4 nitrogen and oxygen atoms in total. The number of hydrogen-bond acceptors (Lipinski definition) is 3. The molecule has 1 aliphatic carbocycles. The van der Waals surface area contributed by atoms with Crippen molar-refractivity contribution in [1.82, 2.24) is 5.16 Å². The first-order valence-corrected chi connectivity index (χ1v) is 5.55. The van der Waals surface area contributed by atoms with E-state index in [0.717, 1.165) is 11.5 Å². The summed E-state index contributed by atoms with van der Waals surface area (Å²) in [5.41, 5.74) is 6.80. The van der Waals surface area contributed by atoms with Gasteiger partial charge in [-0.2, -0.15) is 0 Å². The third-order valence-electron chi connectivity index (χ3n) is 2.94. The lowest BCUT2D eigenvalue weighted by molar-refractivity contribution is 0.411. The maximum Gasteiger partial charge on any atom is 0.124 e. The first-order chi connectivity index (χ1) is 7.36. The monoisotopic (exact) mass is 207 g/mol. The van der Waals surface area contributed by atoms with Gasteiger partial charge >= 0.3 is 0 Å². The molecule has 0 aromatic carbocycles. The molecular weight excluding hydrogens is 190 g/mol. The van der Waals surface area contributed by atoms with E-state index in [2.05, 4.69) is 10.1 Å². The van der Waals surface area contributed by atoms with Gasteiger partial charge in [0.1, 0.15) is 12.0 Å². The SMILES string of the molecule is NC(=NCc1ccon1)C1CCCCC1. The Balaban J connectivity index is 1.88. The highest BCUT2D eigenvalue weighted by molar-refractivity contribution is 5.82. The molecule has 2 N–H and O–H groups in total. The van der Waals surface area contributed by atoms with Gasteiger partial charge in [-0.15, -0.1) is 0 Å². The number of amidine groups is 1. The summed E-state index contributed by atoms with van der Waals surface area (Å²) in [5, 5.41) is 3.80. The first-order valence-electron chi connectivity index (χ1n) is 5.55. The Kier molecular flexibility index (Phi) is 3.37. The van der Waals surface area contributed by atoms with E-state index in [9.17, 15) is 0 Å².